The van der Waals surface area contributed by atoms with E-state index in [1.54, 1.807) is 0 Å². The van der Waals surface area contributed by atoms with Crippen molar-refractivity contribution < 1.29 is 0 Å². The molecule has 1 heterocycles. The molecule has 2 aromatic rings. The van der Waals surface area contributed by atoms with Gasteiger partial charge in [0.15, 0.2) is 0 Å². The highest BCUT2D eigenvalue weighted by Gasteiger charge is 2.14. The minimum atomic E-state index is 0.832. The molecule has 1 aliphatic carbocycles. The summed E-state index contributed by atoms with van der Waals surface area (Å²) in [6.45, 7) is 2.10. The zero-order chi connectivity index (χ0) is 11.8. The van der Waals surface area contributed by atoms with Crippen LogP contribution < -0.4 is 0 Å². The number of aromatic nitrogens is 1. The van der Waals surface area contributed by atoms with Crippen LogP contribution in [0.2, 0.25) is 5.02 Å². The van der Waals surface area contributed by atoms with E-state index in [0.29, 0.717) is 0 Å². The molecule has 0 unspecified atom stereocenters. The SMILES string of the molecule is Cc1cnc2c(c1)CCc1cc(Cl)ccc1C2. The molecule has 0 saturated heterocycles. The average Bonchev–Trinajstić information content (AvgIpc) is 2.48. The molecule has 0 spiro atoms. The van der Waals surface area contributed by atoms with Gasteiger partial charge in [0.2, 0.25) is 0 Å². The molecule has 0 amide bonds. The lowest BCUT2D eigenvalue weighted by Crippen LogP contribution is -1.97. The van der Waals surface area contributed by atoms with E-state index in [1.807, 2.05) is 12.3 Å². The molecule has 0 bridgehead atoms. The Hall–Kier alpha value is -1.34. The summed E-state index contributed by atoms with van der Waals surface area (Å²) in [6.07, 6.45) is 5.02. The van der Waals surface area contributed by atoms with E-state index >= 15 is 0 Å². The molecule has 0 aliphatic heterocycles. The smallest absolute Gasteiger partial charge is 0.0479 e. The number of benzene rings is 1. The maximum absolute atomic E-state index is 6.05. The third-order valence-electron chi connectivity index (χ3n) is 3.39. The number of aryl methyl sites for hydroxylation is 3. The van der Waals surface area contributed by atoms with Crippen molar-refractivity contribution in [3.8, 4) is 0 Å². The average molecular weight is 244 g/mol. The van der Waals surface area contributed by atoms with Crippen LogP contribution in [0.25, 0.3) is 0 Å². The Morgan fingerprint density at radius 1 is 1.06 bits per heavy atom. The number of rotatable bonds is 0. The highest BCUT2D eigenvalue weighted by Crippen LogP contribution is 2.25. The van der Waals surface area contributed by atoms with Gasteiger partial charge in [-0.05, 0) is 54.2 Å². The Bertz CT molecular complexity index is 524. The van der Waals surface area contributed by atoms with Crippen molar-refractivity contribution in [3.05, 3.63) is 63.4 Å². The predicted molar refractivity (Wildman–Crippen MR) is 70.6 cm³/mol. The first-order chi connectivity index (χ1) is 8.22. The molecule has 1 aromatic carbocycles. The molecule has 0 fully saturated rings. The molecular formula is C15H14ClN. The third-order valence-corrected chi connectivity index (χ3v) is 3.62. The van der Waals surface area contributed by atoms with Crippen LogP contribution in [-0.2, 0) is 19.3 Å². The summed E-state index contributed by atoms with van der Waals surface area (Å²) in [5, 5.41) is 0.832. The molecule has 0 atom stereocenters. The third kappa shape index (κ3) is 2.07. The van der Waals surface area contributed by atoms with Crippen molar-refractivity contribution in [2.75, 3.05) is 0 Å². The summed E-state index contributed by atoms with van der Waals surface area (Å²) < 4.78 is 0. The largest absolute Gasteiger partial charge is 0.260 e. The van der Waals surface area contributed by atoms with Gasteiger partial charge in [0.25, 0.3) is 0 Å². The van der Waals surface area contributed by atoms with Crippen molar-refractivity contribution in [2.45, 2.75) is 26.2 Å². The lowest BCUT2D eigenvalue weighted by molar-refractivity contribution is 0.947. The Balaban J connectivity index is 2.07. The summed E-state index contributed by atoms with van der Waals surface area (Å²) in [5.74, 6) is 0. The minimum Gasteiger partial charge on any atom is -0.260 e. The lowest BCUT2D eigenvalue weighted by Gasteiger charge is -2.06. The second-order valence-electron chi connectivity index (χ2n) is 4.71. The van der Waals surface area contributed by atoms with Gasteiger partial charge in [0, 0.05) is 23.3 Å². The van der Waals surface area contributed by atoms with Crippen molar-refractivity contribution in [2.24, 2.45) is 0 Å². The van der Waals surface area contributed by atoms with Crippen LogP contribution >= 0.6 is 11.6 Å². The van der Waals surface area contributed by atoms with Crippen LogP contribution in [0.4, 0.5) is 0 Å². The van der Waals surface area contributed by atoms with Crippen LogP contribution in [0, 0.1) is 6.92 Å². The van der Waals surface area contributed by atoms with E-state index < -0.39 is 0 Å². The zero-order valence-electron chi connectivity index (χ0n) is 9.83. The van der Waals surface area contributed by atoms with E-state index in [4.69, 9.17) is 11.6 Å². The van der Waals surface area contributed by atoms with Gasteiger partial charge in [0.1, 0.15) is 0 Å². The summed E-state index contributed by atoms with van der Waals surface area (Å²) >= 11 is 6.05. The minimum absolute atomic E-state index is 0.832. The van der Waals surface area contributed by atoms with Crippen molar-refractivity contribution in [1.82, 2.24) is 4.98 Å². The first-order valence-electron chi connectivity index (χ1n) is 5.94. The molecule has 86 valence electrons. The van der Waals surface area contributed by atoms with Gasteiger partial charge >= 0.3 is 0 Å². The highest BCUT2D eigenvalue weighted by molar-refractivity contribution is 6.30. The van der Waals surface area contributed by atoms with E-state index in [1.165, 1.54) is 27.9 Å². The quantitative estimate of drug-likeness (QED) is 0.687. The fraction of sp³-hybridized carbons (Fsp3) is 0.267. The van der Waals surface area contributed by atoms with Crippen LogP contribution in [0.5, 0.6) is 0 Å². The van der Waals surface area contributed by atoms with Gasteiger partial charge in [0.05, 0.1) is 0 Å². The van der Waals surface area contributed by atoms with Gasteiger partial charge in [-0.3, -0.25) is 4.98 Å². The van der Waals surface area contributed by atoms with Crippen molar-refractivity contribution >= 4 is 11.6 Å². The van der Waals surface area contributed by atoms with Gasteiger partial charge in [-0.25, -0.2) is 0 Å². The first kappa shape index (κ1) is 10.8. The van der Waals surface area contributed by atoms with Gasteiger partial charge in [-0.2, -0.15) is 0 Å². The highest BCUT2D eigenvalue weighted by atomic mass is 35.5. The predicted octanol–water partition coefficient (Wildman–Crippen LogP) is 3.73. The number of fused-ring (bicyclic) bond motifs is 2. The monoisotopic (exact) mass is 243 g/mol. The standard InChI is InChI=1S/C15H14ClN/c1-10-6-13-3-2-11-7-14(16)5-4-12(11)8-15(13)17-9-10/h4-7,9H,2-3,8H2,1H3. The van der Waals surface area contributed by atoms with E-state index in [9.17, 15) is 0 Å². The molecule has 2 heteroatoms. The van der Waals surface area contributed by atoms with Crippen LogP contribution in [-0.4, -0.2) is 4.98 Å². The molecular weight excluding hydrogens is 230 g/mol. The molecule has 1 aliphatic rings. The van der Waals surface area contributed by atoms with E-state index in [-0.39, 0.29) is 0 Å². The number of pyridine rings is 1. The van der Waals surface area contributed by atoms with Crippen LogP contribution in [0.15, 0.2) is 30.5 Å². The van der Waals surface area contributed by atoms with E-state index in [0.717, 1.165) is 24.3 Å². The molecule has 1 nitrogen and oxygen atoms in total. The number of halogens is 1. The summed E-state index contributed by atoms with van der Waals surface area (Å²) in [7, 11) is 0. The zero-order valence-corrected chi connectivity index (χ0v) is 10.6. The van der Waals surface area contributed by atoms with Crippen molar-refractivity contribution in [1.29, 1.82) is 0 Å². The Kier molecular flexibility index (Phi) is 2.64. The summed E-state index contributed by atoms with van der Waals surface area (Å²) in [6, 6.07) is 8.46. The van der Waals surface area contributed by atoms with Gasteiger partial charge < -0.3 is 0 Å². The maximum atomic E-state index is 6.05. The second kappa shape index (κ2) is 4.15. The van der Waals surface area contributed by atoms with Crippen molar-refractivity contribution in [3.63, 3.8) is 0 Å². The Morgan fingerprint density at radius 3 is 2.76 bits per heavy atom. The Morgan fingerprint density at radius 2 is 1.88 bits per heavy atom. The lowest BCUT2D eigenvalue weighted by atomic mass is 10.0. The molecule has 0 radical (unpaired) electrons. The number of hydrogen-bond acceptors (Lipinski definition) is 1. The normalized spacial score (nSPS) is 13.8. The summed E-state index contributed by atoms with van der Waals surface area (Å²) in [4.78, 5) is 4.57. The maximum Gasteiger partial charge on any atom is 0.0479 e. The first-order valence-corrected chi connectivity index (χ1v) is 6.32. The molecule has 17 heavy (non-hydrogen) atoms. The van der Waals surface area contributed by atoms with Crippen LogP contribution in [0.3, 0.4) is 0 Å². The van der Waals surface area contributed by atoms with Gasteiger partial charge in [-0.15, -0.1) is 0 Å². The fourth-order valence-electron chi connectivity index (χ4n) is 2.48. The van der Waals surface area contributed by atoms with Gasteiger partial charge in [-0.1, -0.05) is 23.7 Å². The molecule has 3 rings (SSSR count). The molecule has 1 aromatic heterocycles. The number of nitrogens with zero attached hydrogens (tertiary/aromatic N) is 1. The second-order valence-corrected chi connectivity index (χ2v) is 5.14. The molecule has 0 N–H and O–H groups in total. The Labute approximate surface area is 106 Å². The fourth-order valence-corrected chi connectivity index (χ4v) is 2.68. The molecule has 0 saturated carbocycles. The van der Waals surface area contributed by atoms with E-state index in [2.05, 4.69) is 30.1 Å². The topological polar surface area (TPSA) is 12.9 Å². The summed E-state index contributed by atoms with van der Waals surface area (Å²) in [5.41, 5.74) is 6.58. The number of hydrogen-bond donors (Lipinski definition) is 0. The van der Waals surface area contributed by atoms with Crippen LogP contribution in [0.1, 0.15) is 27.9 Å².